The summed E-state index contributed by atoms with van der Waals surface area (Å²) in [5.74, 6) is 0.479. The first kappa shape index (κ1) is 15.2. The van der Waals surface area contributed by atoms with Gasteiger partial charge in [0, 0.05) is 12.6 Å². The molecule has 1 aromatic carbocycles. The predicted octanol–water partition coefficient (Wildman–Crippen LogP) is 3.36. The first-order valence-electron chi connectivity index (χ1n) is 6.29. The van der Waals surface area contributed by atoms with Crippen LogP contribution in [-0.4, -0.2) is 14.9 Å². The molecule has 108 valence electrons. The van der Waals surface area contributed by atoms with E-state index in [4.69, 9.17) is 27.9 Å². The van der Waals surface area contributed by atoms with E-state index in [1.165, 1.54) is 0 Å². The van der Waals surface area contributed by atoms with E-state index in [2.05, 4.69) is 5.10 Å². The van der Waals surface area contributed by atoms with Gasteiger partial charge in [-0.1, -0.05) is 42.3 Å². The number of nitrogens with zero attached hydrogens (tertiary/aromatic N) is 2. The number of rotatable bonds is 5. The second-order valence-electron chi connectivity index (χ2n) is 4.36. The molecule has 20 heavy (non-hydrogen) atoms. The van der Waals surface area contributed by atoms with Gasteiger partial charge in [0.05, 0.1) is 28.0 Å². The van der Waals surface area contributed by atoms with Crippen LogP contribution in [0.15, 0.2) is 18.2 Å². The standard InChI is InChI=1S/C14H16Cl2N2O2/c1-3-11-13(16)12(18(2)17-11)8-20-14-9(7-19)5-4-6-10(14)15/h4-6,19H,3,7-8H2,1-2H3. The van der Waals surface area contributed by atoms with Crippen molar-refractivity contribution in [3.8, 4) is 5.75 Å². The summed E-state index contributed by atoms with van der Waals surface area (Å²) in [5, 5.41) is 14.7. The number of ether oxygens (including phenoxy) is 1. The molecule has 0 aliphatic rings. The van der Waals surface area contributed by atoms with Gasteiger partial charge >= 0.3 is 0 Å². The highest BCUT2D eigenvalue weighted by Crippen LogP contribution is 2.30. The summed E-state index contributed by atoms with van der Waals surface area (Å²) in [6.45, 7) is 2.12. The molecule has 0 saturated carbocycles. The van der Waals surface area contributed by atoms with Crippen LogP contribution in [0.4, 0.5) is 0 Å². The number of hydrogen-bond acceptors (Lipinski definition) is 3. The first-order chi connectivity index (χ1) is 9.58. The van der Waals surface area contributed by atoms with Crippen molar-refractivity contribution in [2.75, 3.05) is 0 Å². The highest BCUT2D eigenvalue weighted by molar-refractivity contribution is 6.32. The molecular formula is C14H16Cl2N2O2. The number of halogens is 2. The fraction of sp³-hybridized carbons (Fsp3) is 0.357. The maximum Gasteiger partial charge on any atom is 0.143 e. The SMILES string of the molecule is CCc1nn(C)c(COc2c(Cl)cccc2CO)c1Cl. The van der Waals surface area contributed by atoms with E-state index in [1.54, 1.807) is 22.9 Å². The molecule has 6 heteroatoms. The van der Waals surface area contributed by atoms with Crippen LogP contribution in [0.3, 0.4) is 0 Å². The zero-order chi connectivity index (χ0) is 14.7. The Hall–Kier alpha value is -1.23. The number of aliphatic hydroxyl groups is 1. The largest absolute Gasteiger partial charge is 0.485 e. The lowest BCUT2D eigenvalue weighted by Gasteiger charge is -2.12. The smallest absolute Gasteiger partial charge is 0.143 e. The minimum absolute atomic E-state index is 0.130. The molecule has 0 aliphatic carbocycles. The second-order valence-corrected chi connectivity index (χ2v) is 5.14. The highest BCUT2D eigenvalue weighted by Gasteiger charge is 2.15. The Morgan fingerprint density at radius 2 is 2.10 bits per heavy atom. The molecule has 0 unspecified atom stereocenters. The van der Waals surface area contributed by atoms with Gasteiger partial charge in [-0.05, 0) is 12.5 Å². The van der Waals surface area contributed by atoms with Crippen molar-refractivity contribution in [1.29, 1.82) is 0 Å². The molecule has 1 N–H and O–H groups in total. The fourth-order valence-electron chi connectivity index (χ4n) is 1.96. The molecule has 0 saturated heterocycles. The van der Waals surface area contributed by atoms with Crippen molar-refractivity contribution < 1.29 is 9.84 Å². The monoisotopic (exact) mass is 314 g/mol. The minimum Gasteiger partial charge on any atom is -0.485 e. The Balaban J connectivity index is 2.23. The lowest BCUT2D eigenvalue weighted by Crippen LogP contribution is -2.05. The quantitative estimate of drug-likeness (QED) is 0.920. The predicted molar refractivity (Wildman–Crippen MR) is 79.3 cm³/mol. The third kappa shape index (κ3) is 2.92. The van der Waals surface area contributed by atoms with Gasteiger partial charge in [0.2, 0.25) is 0 Å². The summed E-state index contributed by atoms with van der Waals surface area (Å²) in [6, 6.07) is 5.26. The molecule has 2 aromatic rings. The molecule has 0 amide bonds. The van der Waals surface area contributed by atoms with Crippen molar-refractivity contribution in [1.82, 2.24) is 9.78 Å². The molecular weight excluding hydrogens is 299 g/mol. The topological polar surface area (TPSA) is 47.3 Å². The van der Waals surface area contributed by atoms with Crippen LogP contribution in [0.1, 0.15) is 23.9 Å². The van der Waals surface area contributed by atoms with E-state index >= 15 is 0 Å². The van der Waals surface area contributed by atoms with Gasteiger partial charge in [0.15, 0.2) is 0 Å². The number of aliphatic hydroxyl groups excluding tert-OH is 1. The Kier molecular flexibility index (Phi) is 4.91. The third-order valence-electron chi connectivity index (χ3n) is 3.08. The maximum absolute atomic E-state index is 9.31. The van der Waals surface area contributed by atoms with Crippen LogP contribution in [0.5, 0.6) is 5.75 Å². The van der Waals surface area contributed by atoms with Crippen molar-refractivity contribution in [3.05, 3.63) is 45.2 Å². The molecule has 0 bridgehead atoms. The van der Waals surface area contributed by atoms with Gasteiger partial charge in [-0.2, -0.15) is 5.10 Å². The number of aryl methyl sites for hydroxylation is 2. The lowest BCUT2D eigenvalue weighted by atomic mass is 10.2. The molecule has 1 aromatic heterocycles. The first-order valence-corrected chi connectivity index (χ1v) is 7.05. The van der Waals surface area contributed by atoms with Gasteiger partial charge in [0.25, 0.3) is 0 Å². The molecule has 2 rings (SSSR count). The van der Waals surface area contributed by atoms with Crippen LogP contribution in [0.25, 0.3) is 0 Å². The van der Waals surface area contributed by atoms with Crippen molar-refractivity contribution in [2.45, 2.75) is 26.6 Å². The van der Waals surface area contributed by atoms with Gasteiger partial charge in [0.1, 0.15) is 12.4 Å². The van der Waals surface area contributed by atoms with Gasteiger partial charge < -0.3 is 9.84 Å². The molecule has 1 heterocycles. The third-order valence-corrected chi connectivity index (χ3v) is 3.81. The van der Waals surface area contributed by atoms with E-state index < -0.39 is 0 Å². The Morgan fingerprint density at radius 3 is 2.70 bits per heavy atom. The van der Waals surface area contributed by atoms with Gasteiger partial charge in [-0.3, -0.25) is 4.68 Å². The van der Waals surface area contributed by atoms with Crippen LogP contribution in [-0.2, 0) is 26.7 Å². The summed E-state index contributed by atoms with van der Waals surface area (Å²) in [6.07, 6.45) is 0.765. The summed E-state index contributed by atoms with van der Waals surface area (Å²) in [7, 11) is 1.82. The number of para-hydroxylation sites is 1. The molecule has 0 spiro atoms. The number of hydrogen-bond donors (Lipinski definition) is 1. The van der Waals surface area contributed by atoms with E-state index in [1.807, 2.05) is 14.0 Å². The lowest BCUT2D eigenvalue weighted by molar-refractivity contribution is 0.255. The molecule has 0 aliphatic heterocycles. The summed E-state index contributed by atoms with van der Waals surface area (Å²) < 4.78 is 7.43. The van der Waals surface area contributed by atoms with Crippen LogP contribution >= 0.6 is 23.2 Å². The second kappa shape index (κ2) is 6.48. The van der Waals surface area contributed by atoms with E-state index in [0.29, 0.717) is 21.4 Å². The Morgan fingerprint density at radius 1 is 1.35 bits per heavy atom. The average Bonchev–Trinajstić information content (AvgIpc) is 2.72. The Labute approximate surface area is 127 Å². The summed E-state index contributed by atoms with van der Waals surface area (Å²) in [4.78, 5) is 0. The van der Waals surface area contributed by atoms with Crippen LogP contribution in [0.2, 0.25) is 10.0 Å². The minimum atomic E-state index is -0.130. The van der Waals surface area contributed by atoms with E-state index in [-0.39, 0.29) is 13.2 Å². The molecule has 0 fully saturated rings. The van der Waals surface area contributed by atoms with Crippen LogP contribution in [0, 0.1) is 0 Å². The van der Waals surface area contributed by atoms with E-state index in [0.717, 1.165) is 17.8 Å². The summed E-state index contributed by atoms with van der Waals surface area (Å²) in [5.41, 5.74) is 2.27. The fourth-order valence-corrected chi connectivity index (χ4v) is 2.55. The summed E-state index contributed by atoms with van der Waals surface area (Å²) >= 11 is 12.4. The van der Waals surface area contributed by atoms with Gasteiger partial charge in [-0.25, -0.2) is 0 Å². The number of benzene rings is 1. The van der Waals surface area contributed by atoms with Crippen LogP contribution < -0.4 is 4.74 Å². The number of aromatic nitrogens is 2. The van der Waals surface area contributed by atoms with E-state index in [9.17, 15) is 5.11 Å². The highest BCUT2D eigenvalue weighted by atomic mass is 35.5. The average molecular weight is 315 g/mol. The molecule has 0 atom stereocenters. The van der Waals surface area contributed by atoms with Crippen molar-refractivity contribution in [2.24, 2.45) is 7.05 Å². The molecule has 0 radical (unpaired) electrons. The van der Waals surface area contributed by atoms with Crippen molar-refractivity contribution in [3.63, 3.8) is 0 Å². The van der Waals surface area contributed by atoms with Gasteiger partial charge in [-0.15, -0.1) is 0 Å². The zero-order valence-corrected chi connectivity index (χ0v) is 12.9. The van der Waals surface area contributed by atoms with Crippen molar-refractivity contribution >= 4 is 23.2 Å². The molecule has 4 nitrogen and oxygen atoms in total. The zero-order valence-electron chi connectivity index (χ0n) is 11.4. The Bertz CT molecular complexity index is 611. The normalized spacial score (nSPS) is 10.8. The maximum atomic E-state index is 9.31.